The summed E-state index contributed by atoms with van der Waals surface area (Å²) in [7, 11) is 0. The van der Waals surface area contributed by atoms with Gasteiger partial charge < -0.3 is 5.32 Å². The maximum absolute atomic E-state index is 3.71. The van der Waals surface area contributed by atoms with Crippen LogP contribution in [0.5, 0.6) is 0 Å². The molecule has 2 unspecified atom stereocenters. The molecule has 21 heavy (non-hydrogen) atoms. The van der Waals surface area contributed by atoms with E-state index in [0.29, 0.717) is 12.0 Å². The Hall–Kier alpha value is -1.12. The Morgan fingerprint density at radius 2 is 1.95 bits per heavy atom. The number of benzene rings is 2. The first-order chi connectivity index (χ1) is 10.1. The van der Waals surface area contributed by atoms with Gasteiger partial charge >= 0.3 is 0 Å². The smallest absolute Gasteiger partial charge is 0.0395 e. The van der Waals surface area contributed by atoms with Crippen LogP contribution in [0.4, 0.5) is 0 Å². The van der Waals surface area contributed by atoms with Gasteiger partial charge in [-0.05, 0) is 60.7 Å². The zero-order valence-electron chi connectivity index (χ0n) is 12.9. The normalized spacial score (nSPS) is 18.0. The van der Waals surface area contributed by atoms with Gasteiger partial charge in [-0.15, -0.1) is 0 Å². The number of rotatable bonds is 4. The molecule has 3 rings (SSSR count). The van der Waals surface area contributed by atoms with Crippen LogP contribution in [0.1, 0.15) is 46.7 Å². The molecule has 1 aliphatic carbocycles. The molecule has 0 saturated heterocycles. The highest BCUT2D eigenvalue weighted by Gasteiger charge is 2.33. The second kappa shape index (κ2) is 5.94. The van der Waals surface area contributed by atoms with Crippen molar-refractivity contribution in [3.8, 4) is 0 Å². The minimum Gasteiger partial charge on any atom is -0.310 e. The molecule has 0 bridgehead atoms. The van der Waals surface area contributed by atoms with Crippen LogP contribution < -0.4 is 5.32 Å². The van der Waals surface area contributed by atoms with Gasteiger partial charge in [0.05, 0.1) is 0 Å². The Balaban J connectivity index is 1.99. The standard InChI is InChI=1S/C19H22BrN/c1-4-21-19(16-9-13(3)18(20)10-12(16)2)17-11-14-7-5-6-8-15(14)17/h5-10,17,19,21H,4,11H2,1-3H3. The molecular weight excluding hydrogens is 322 g/mol. The average Bonchev–Trinajstić information content (AvgIpc) is 2.43. The van der Waals surface area contributed by atoms with E-state index < -0.39 is 0 Å². The lowest BCUT2D eigenvalue weighted by molar-refractivity contribution is 0.418. The highest BCUT2D eigenvalue weighted by atomic mass is 79.9. The molecule has 0 spiro atoms. The molecule has 0 heterocycles. The maximum Gasteiger partial charge on any atom is 0.0395 e. The minimum atomic E-state index is 0.414. The summed E-state index contributed by atoms with van der Waals surface area (Å²) < 4.78 is 1.20. The molecule has 110 valence electrons. The number of aryl methyl sites for hydroxylation is 2. The summed E-state index contributed by atoms with van der Waals surface area (Å²) in [5.41, 5.74) is 7.14. The molecule has 1 aliphatic rings. The summed E-state index contributed by atoms with van der Waals surface area (Å²) in [4.78, 5) is 0. The predicted molar refractivity (Wildman–Crippen MR) is 92.9 cm³/mol. The van der Waals surface area contributed by atoms with Gasteiger partial charge in [-0.2, -0.15) is 0 Å². The third kappa shape index (κ3) is 2.67. The number of hydrogen-bond donors (Lipinski definition) is 1. The van der Waals surface area contributed by atoms with Crippen LogP contribution in [0, 0.1) is 13.8 Å². The third-order valence-corrected chi connectivity index (χ3v) is 5.46. The van der Waals surface area contributed by atoms with Crippen LogP contribution in [0.3, 0.4) is 0 Å². The fraction of sp³-hybridized carbons (Fsp3) is 0.368. The van der Waals surface area contributed by atoms with Crippen molar-refractivity contribution in [2.45, 2.75) is 39.2 Å². The molecule has 2 heteroatoms. The first-order valence-electron chi connectivity index (χ1n) is 7.69. The molecule has 2 atom stereocenters. The zero-order chi connectivity index (χ0) is 15.0. The van der Waals surface area contributed by atoms with E-state index >= 15 is 0 Å². The van der Waals surface area contributed by atoms with Crippen LogP contribution in [0.25, 0.3) is 0 Å². The Morgan fingerprint density at radius 1 is 1.19 bits per heavy atom. The summed E-state index contributed by atoms with van der Waals surface area (Å²) in [6, 6.07) is 13.9. The lowest BCUT2D eigenvalue weighted by atomic mass is 9.71. The fourth-order valence-corrected chi connectivity index (χ4v) is 3.88. The second-order valence-electron chi connectivity index (χ2n) is 6.00. The first kappa shape index (κ1) is 14.8. The van der Waals surface area contributed by atoms with Gasteiger partial charge in [-0.25, -0.2) is 0 Å². The van der Waals surface area contributed by atoms with Crippen molar-refractivity contribution in [1.82, 2.24) is 5.32 Å². The highest BCUT2D eigenvalue weighted by molar-refractivity contribution is 9.10. The van der Waals surface area contributed by atoms with Gasteiger partial charge in [-0.3, -0.25) is 0 Å². The van der Waals surface area contributed by atoms with Crippen molar-refractivity contribution in [2.24, 2.45) is 0 Å². The van der Waals surface area contributed by atoms with E-state index in [2.05, 4.69) is 78.4 Å². The molecule has 0 fully saturated rings. The molecule has 0 radical (unpaired) electrons. The molecule has 0 saturated carbocycles. The maximum atomic E-state index is 3.71. The quantitative estimate of drug-likeness (QED) is 0.818. The largest absolute Gasteiger partial charge is 0.310 e. The van der Waals surface area contributed by atoms with Crippen molar-refractivity contribution in [2.75, 3.05) is 6.54 Å². The first-order valence-corrected chi connectivity index (χ1v) is 8.49. The topological polar surface area (TPSA) is 12.0 Å². The van der Waals surface area contributed by atoms with Crippen LogP contribution in [0.15, 0.2) is 40.9 Å². The molecule has 0 aliphatic heterocycles. The van der Waals surface area contributed by atoms with Gasteiger partial charge in [-0.1, -0.05) is 53.2 Å². The van der Waals surface area contributed by atoms with Gasteiger partial charge in [0.2, 0.25) is 0 Å². The van der Waals surface area contributed by atoms with Crippen LogP contribution >= 0.6 is 15.9 Å². The second-order valence-corrected chi connectivity index (χ2v) is 6.86. The van der Waals surface area contributed by atoms with E-state index in [1.807, 2.05) is 0 Å². The molecule has 1 N–H and O–H groups in total. The summed E-state index contributed by atoms with van der Waals surface area (Å²) in [5.74, 6) is 0.598. The third-order valence-electron chi connectivity index (χ3n) is 4.60. The number of hydrogen-bond acceptors (Lipinski definition) is 1. The number of likely N-dealkylation sites (N-methyl/N-ethyl adjacent to an activating group) is 1. The SMILES string of the molecule is CCNC(c1cc(C)c(Br)cc1C)C1Cc2ccccc21. The zero-order valence-corrected chi connectivity index (χ0v) is 14.5. The Labute approximate surface area is 135 Å². The van der Waals surface area contributed by atoms with E-state index in [9.17, 15) is 0 Å². The Bertz CT molecular complexity index is 663. The molecule has 1 nitrogen and oxygen atoms in total. The number of fused-ring (bicyclic) bond motifs is 1. The average molecular weight is 344 g/mol. The van der Waals surface area contributed by atoms with Gasteiger partial charge in [0.15, 0.2) is 0 Å². The van der Waals surface area contributed by atoms with Crippen molar-refractivity contribution >= 4 is 15.9 Å². The van der Waals surface area contributed by atoms with E-state index in [1.54, 1.807) is 0 Å². The molecule has 0 aromatic heterocycles. The van der Waals surface area contributed by atoms with E-state index in [1.165, 1.54) is 38.7 Å². The fourth-order valence-electron chi connectivity index (χ4n) is 3.42. The number of halogens is 1. The summed E-state index contributed by atoms with van der Waals surface area (Å²) in [6.45, 7) is 7.58. The van der Waals surface area contributed by atoms with E-state index in [4.69, 9.17) is 0 Å². The van der Waals surface area contributed by atoms with Crippen LogP contribution in [0.2, 0.25) is 0 Å². The summed E-state index contributed by atoms with van der Waals surface area (Å²) >= 11 is 3.64. The molecule has 0 amide bonds. The van der Waals surface area contributed by atoms with Crippen molar-refractivity contribution < 1.29 is 0 Å². The van der Waals surface area contributed by atoms with Crippen molar-refractivity contribution in [3.05, 3.63) is 68.7 Å². The van der Waals surface area contributed by atoms with Crippen LogP contribution in [-0.2, 0) is 6.42 Å². The van der Waals surface area contributed by atoms with Gasteiger partial charge in [0.25, 0.3) is 0 Å². The number of nitrogens with one attached hydrogen (secondary N) is 1. The van der Waals surface area contributed by atoms with E-state index in [-0.39, 0.29) is 0 Å². The Morgan fingerprint density at radius 3 is 2.67 bits per heavy atom. The molecular formula is C19H22BrN. The molecule has 2 aromatic rings. The van der Waals surface area contributed by atoms with Crippen molar-refractivity contribution in [3.63, 3.8) is 0 Å². The highest BCUT2D eigenvalue weighted by Crippen LogP contribution is 2.44. The van der Waals surface area contributed by atoms with Crippen molar-refractivity contribution in [1.29, 1.82) is 0 Å². The predicted octanol–water partition coefficient (Wildman–Crippen LogP) is 5.06. The summed E-state index contributed by atoms with van der Waals surface area (Å²) in [6.07, 6.45) is 1.18. The van der Waals surface area contributed by atoms with E-state index in [0.717, 1.165) is 6.54 Å². The lowest BCUT2D eigenvalue weighted by Gasteiger charge is -2.38. The molecule has 2 aromatic carbocycles. The monoisotopic (exact) mass is 343 g/mol. The van der Waals surface area contributed by atoms with Crippen LogP contribution in [-0.4, -0.2) is 6.54 Å². The Kier molecular flexibility index (Phi) is 4.19. The summed E-state index contributed by atoms with van der Waals surface area (Å²) in [5, 5.41) is 3.71. The lowest BCUT2D eigenvalue weighted by Crippen LogP contribution is -2.33. The minimum absolute atomic E-state index is 0.414. The van der Waals surface area contributed by atoms with Gasteiger partial charge in [0, 0.05) is 16.4 Å². The van der Waals surface area contributed by atoms with Gasteiger partial charge in [0.1, 0.15) is 0 Å².